The Bertz CT molecular complexity index is 94.5. The summed E-state index contributed by atoms with van der Waals surface area (Å²) in [5, 5.41) is 0. The third-order valence-corrected chi connectivity index (χ3v) is 1.52. The Kier molecular flexibility index (Phi) is 19.5. The van der Waals surface area contributed by atoms with Crippen LogP contribution in [-0.4, -0.2) is 7.28 Å². The number of nitrogens with zero attached hydrogens (tertiary/aromatic N) is 2. The maximum Gasteiger partial charge on any atom is 0.109 e. The molecule has 0 aliphatic carbocycles. The second kappa shape index (κ2) is 16.8. The largest absolute Gasteiger partial charge is 0.109 e. The van der Waals surface area contributed by atoms with Gasteiger partial charge in [0.2, 0.25) is 0 Å². The summed E-state index contributed by atoms with van der Waals surface area (Å²) in [7, 11) is 2.42. The first-order valence-corrected chi connectivity index (χ1v) is 4.65. The highest BCUT2D eigenvalue weighted by Crippen LogP contribution is 1.99. The van der Waals surface area contributed by atoms with Crippen LogP contribution in [0.5, 0.6) is 0 Å². The van der Waals surface area contributed by atoms with Gasteiger partial charge in [-0.1, -0.05) is 52.2 Å². The minimum absolute atomic E-state index is 1.33. The minimum Gasteiger partial charge on any atom is -0.108 e. The Morgan fingerprint density at radius 1 is 1.17 bits per heavy atom. The lowest BCUT2D eigenvalue weighted by molar-refractivity contribution is 0.851. The topological polar surface area (TPSA) is 60.3 Å². The molecule has 0 aromatic heterocycles. The van der Waals surface area contributed by atoms with Crippen molar-refractivity contribution in [3.8, 4) is 0 Å². The molecule has 0 aliphatic rings. The predicted molar refractivity (Wildman–Crippen MR) is 54.6 cm³/mol. The molecule has 0 heterocycles. The average molecular weight is 168 g/mol. The van der Waals surface area contributed by atoms with Gasteiger partial charge in [0.25, 0.3) is 0 Å². The third-order valence-electron chi connectivity index (χ3n) is 1.52. The third kappa shape index (κ3) is 22.8. The van der Waals surface area contributed by atoms with E-state index in [1.54, 1.807) is 4.91 Å². The summed E-state index contributed by atoms with van der Waals surface area (Å²) >= 11 is 0. The summed E-state index contributed by atoms with van der Waals surface area (Å²) < 4.78 is 0. The molecule has 0 bridgehead atoms. The SMILES string of the molecule is CCCC[B]CCCC.[N-]=[N+]=N. The molecular formula is C8H19BN3. The van der Waals surface area contributed by atoms with Gasteiger partial charge >= 0.3 is 0 Å². The second-order valence-electron chi connectivity index (χ2n) is 2.67. The Balaban J connectivity index is 0. The Morgan fingerprint density at radius 2 is 1.50 bits per heavy atom. The van der Waals surface area contributed by atoms with Gasteiger partial charge in [-0.3, -0.25) is 0 Å². The van der Waals surface area contributed by atoms with Crippen LogP contribution >= 0.6 is 0 Å². The van der Waals surface area contributed by atoms with E-state index in [-0.39, 0.29) is 0 Å². The monoisotopic (exact) mass is 168 g/mol. The van der Waals surface area contributed by atoms with Crippen molar-refractivity contribution in [2.75, 3.05) is 0 Å². The van der Waals surface area contributed by atoms with E-state index in [0.717, 1.165) is 0 Å². The first kappa shape index (κ1) is 13.9. The van der Waals surface area contributed by atoms with Crippen molar-refractivity contribution in [2.45, 2.75) is 52.2 Å². The molecule has 0 aliphatic heterocycles. The van der Waals surface area contributed by atoms with Crippen LogP contribution in [0.2, 0.25) is 12.6 Å². The fourth-order valence-electron chi connectivity index (χ4n) is 0.841. The molecule has 69 valence electrons. The zero-order valence-corrected chi connectivity index (χ0v) is 8.21. The summed E-state index contributed by atoms with van der Waals surface area (Å²) in [6.45, 7) is 4.49. The van der Waals surface area contributed by atoms with Gasteiger partial charge in [-0.05, 0) is 10.4 Å². The van der Waals surface area contributed by atoms with E-state index >= 15 is 0 Å². The highest BCUT2D eigenvalue weighted by Gasteiger charge is 1.88. The lowest BCUT2D eigenvalue weighted by Gasteiger charge is -1.94. The molecule has 0 aromatic rings. The quantitative estimate of drug-likeness (QED) is 0.205. The predicted octanol–water partition coefficient (Wildman–Crippen LogP) is 4.00. The molecule has 1 N–H and O–H groups in total. The van der Waals surface area contributed by atoms with E-state index in [4.69, 9.17) is 11.1 Å². The normalized spacial score (nSPS) is 7.83. The van der Waals surface area contributed by atoms with Crippen molar-refractivity contribution >= 4 is 7.28 Å². The van der Waals surface area contributed by atoms with Crippen LogP contribution in [0, 0.1) is 5.53 Å². The highest BCUT2D eigenvalue weighted by atomic mass is 15.0. The van der Waals surface area contributed by atoms with Crippen molar-refractivity contribution in [3.63, 3.8) is 0 Å². The van der Waals surface area contributed by atoms with Crippen molar-refractivity contribution < 1.29 is 0 Å². The molecule has 0 saturated carbocycles. The molecule has 0 saturated heterocycles. The standard InChI is InChI=1S/C8H18B.HN3/c1-3-5-7-9-8-6-4-2;1-3-2/h3-8H2,1-2H3;1H. The number of hydrogen-bond donors (Lipinski definition) is 1. The van der Waals surface area contributed by atoms with Crippen molar-refractivity contribution in [1.29, 1.82) is 5.53 Å². The molecule has 1 radical (unpaired) electrons. The van der Waals surface area contributed by atoms with Crippen LogP contribution in [-0.2, 0) is 0 Å². The molecule has 0 atom stereocenters. The molecule has 0 aromatic carbocycles. The van der Waals surface area contributed by atoms with Crippen LogP contribution < -0.4 is 0 Å². The average Bonchev–Trinajstić information content (AvgIpc) is 2.06. The number of unbranched alkanes of at least 4 members (excludes halogenated alkanes) is 2. The van der Waals surface area contributed by atoms with Crippen molar-refractivity contribution in [3.05, 3.63) is 10.4 Å². The number of nitrogens with one attached hydrogen (secondary N) is 1. The molecule has 0 amide bonds. The molecule has 0 unspecified atom stereocenters. The van der Waals surface area contributed by atoms with E-state index in [2.05, 4.69) is 21.1 Å². The fraction of sp³-hybridized carbons (Fsp3) is 1.00. The van der Waals surface area contributed by atoms with E-state index in [1.807, 2.05) is 0 Å². The summed E-state index contributed by atoms with van der Waals surface area (Å²) in [5.41, 5.74) is 12.2. The van der Waals surface area contributed by atoms with Crippen LogP contribution in [0.25, 0.3) is 10.4 Å². The minimum atomic E-state index is 1.33. The summed E-state index contributed by atoms with van der Waals surface area (Å²) in [6.07, 6.45) is 8.09. The zero-order chi connectivity index (χ0) is 9.66. The fourth-order valence-corrected chi connectivity index (χ4v) is 0.841. The van der Waals surface area contributed by atoms with Gasteiger partial charge in [0.15, 0.2) is 0 Å². The first-order valence-electron chi connectivity index (χ1n) is 4.65. The van der Waals surface area contributed by atoms with Gasteiger partial charge in [-0.25, -0.2) is 0 Å². The van der Waals surface area contributed by atoms with Gasteiger partial charge in [-0.15, -0.1) is 5.53 Å². The smallest absolute Gasteiger partial charge is 0.108 e. The Hall–Kier alpha value is -0.625. The first-order chi connectivity index (χ1) is 5.83. The maximum absolute atomic E-state index is 6.86. The van der Waals surface area contributed by atoms with Gasteiger partial charge in [-0.2, -0.15) is 0 Å². The van der Waals surface area contributed by atoms with E-state index in [9.17, 15) is 0 Å². The maximum atomic E-state index is 6.86. The summed E-state index contributed by atoms with van der Waals surface area (Å²) in [4.78, 5) is 1.75. The molecule has 0 fully saturated rings. The van der Waals surface area contributed by atoms with Crippen molar-refractivity contribution in [1.82, 2.24) is 0 Å². The lowest BCUT2D eigenvalue weighted by atomic mass is 9.68. The second-order valence-corrected chi connectivity index (χ2v) is 2.67. The van der Waals surface area contributed by atoms with Crippen LogP contribution in [0.1, 0.15) is 39.5 Å². The zero-order valence-electron chi connectivity index (χ0n) is 8.21. The van der Waals surface area contributed by atoms with Crippen molar-refractivity contribution in [2.24, 2.45) is 0 Å². The van der Waals surface area contributed by atoms with E-state index < -0.39 is 0 Å². The molecule has 0 rings (SSSR count). The molecule has 0 spiro atoms. The highest BCUT2D eigenvalue weighted by molar-refractivity contribution is 6.35. The summed E-state index contributed by atoms with van der Waals surface area (Å²) in [5.74, 6) is 0. The van der Waals surface area contributed by atoms with Gasteiger partial charge in [0, 0.05) is 0 Å². The number of rotatable bonds is 6. The van der Waals surface area contributed by atoms with Crippen LogP contribution in [0.4, 0.5) is 0 Å². The lowest BCUT2D eigenvalue weighted by Crippen LogP contribution is -1.87. The van der Waals surface area contributed by atoms with Gasteiger partial charge < -0.3 is 0 Å². The molecule has 12 heavy (non-hydrogen) atoms. The molecular weight excluding hydrogens is 149 g/mol. The summed E-state index contributed by atoms with van der Waals surface area (Å²) in [6, 6.07) is 0. The van der Waals surface area contributed by atoms with E-state index in [0.29, 0.717) is 0 Å². The Labute approximate surface area is 76.2 Å². The van der Waals surface area contributed by atoms with Crippen LogP contribution in [0.3, 0.4) is 0 Å². The number of hydrogen-bond acceptors (Lipinski definition) is 1. The Morgan fingerprint density at radius 3 is 1.75 bits per heavy atom. The molecule has 4 heteroatoms. The van der Waals surface area contributed by atoms with Gasteiger partial charge in [0.05, 0.1) is 0 Å². The van der Waals surface area contributed by atoms with E-state index in [1.165, 1.54) is 38.3 Å². The van der Waals surface area contributed by atoms with Crippen LogP contribution in [0.15, 0.2) is 0 Å². The van der Waals surface area contributed by atoms with Gasteiger partial charge in [0.1, 0.15) is 7.28 Å². The molecule has 3 nitrogen and oxygen atoms in total.